The highest BCUT2D eigenvalue weighted by atomic mass is 16.4. The number of oxazole rings is 1. The maximum absolute atomic E-state index is 11.1. The molecule has 1 aromatic carbocycles. The molecule has 4 heteroatoms. The third-order valence-electron chi connectivity index (χ3n) is 2.62. The highest BCUT2D eigenvalue weighted by molar-refractivity contribution is 5.76. The molecule has 0 fully saturated rings. The number of hydrogen-bond acceptors (Lipinski definition) is 3. The van der Waals surface area contributed by atoms with E-state index in [1.54, 1.807) is 6.07 Å². The highest BCUT2D eigenvalue weighted by Gasteiger charge is 2.11. The second-order valence-electron chi connectivity index (χ2n) is 3.71. The molecule has 1 atom stereocenters. The van der Waals surface area contributed by atoms with Gasteiger partial charge in [-0.1, -0.05) is 19.1 Å². The Morgan fingerprint density at radius 3 is 3.07 bits per heavy atom. The van der Waals surface area contributed by atoms with E-state index >= 15 is 0 Å². The van der Waals surface area contributed by atoms with Gasteiger partial charge in [0.25, 0.3) is 0 Å². The number of nitrogens with one attached hydrogen (secondary N) is 1. The molecule has 0 aliphatic heterocycles. The Morgan fingerprint density at radius 1 is 1.53 bits per heavy atom. The largest absolute Gasteiger partial charge is 0.417 e. The van der Waals surface area contributed by atoms with Gasteiger partial charge in [0.1, 0.15) is 0 Å². The molecule has 0 aliphatic carbocycles. The van der Waals surface area contributed by atoms with Crippen molar-refractivity contribution in [3.63, 3.8) is 0 Å². The van der Waals surface area contributed by atoms with E-state index in [9.17, 15) is 4.79 Å². The van der Waals surface area contributed by atoms with Crippen molar-refractivity contribution in [1.29, 1.82) is 0 Å². The van der Waals surface area contributed by atoms with Gasteiger partial charge in [0, 0.05) is 0 Å². The third-order valence-corrected chi connectivity index (χ3v) is 2.62. The van der Waals surface area contributed by atoms with Crippen molar-refractivity contribution in [2.24, 2.45) is 5.73 Å². The number of para-hydroxylation sites is 1. The molecule has 1 unspecified atom stereocenters. The molecule has 1 heterocycles. The number of hydrogen-bond donors (Lipinski definition) is 2. The average molecular weight is 206 g/mol. The zero-order valence-corrected chi connectivity index (χ0v) is 8.62. The SMILES string of the molecule is CC(CCN)c1cccc2oc(=O)[nH]c12. The lowest BCUT2D eigenvalue weighted by Crippen LogP contribution is -2.05. The molecule has 1 aromatic heterocycles. The fourth-order valence-corrected chi connectivity index (χ4v) is 1.81. The molecular weight excluding hydrogens is 192 g/mol. The molecule has 2 rings (SSSR count). The van der Waals surface area contributed by atoms with Gasteiger partial charge < -0.3 is 10.2 Å². The molecule has 2 aromatic rings. The van der Waals surface area contributed by atoms with E-state index in [-0.39, 0.29) is 0 Å². The Hall–Kier alpha value is -1.55. The summed E-state index contributed by atoms with van der Waals surface area (Å²) in [5, 5.41) is 0. The van der Waals surface area contributed by atoms with E-state index in [2.05, 4.69) is 11.9 Å². The summed E-state index contributed by atoms with van der Waals surface area (Å²) < 4.78 is 4.99. The average Bonchev–Trinajstić information content (AvgIpc) is 2.57. The first-order valence-electron chi connectivity index (χ1n) is 5.04. The summed E-state index contributed by atoms with van der Waals surface area (Å²) in [4.78, 5) is 13.8. The van der Waals surface area contributed by atoms with Gasteiger partial charge in [-0.15, -0.1) is 0 Å². The lowest BCUT2D eigenvalue weighted by Gasteiger charge is -2.10. The van der Waals surface area contributed by atoms with Crippen LogP contribution in [0.5, 0.6) is 0 Å². The first kappa shape index (κ1) is 9.98. The van der Waals surface area contributed by atoms with Crippen molar-refractivity contribution in [2.75, 3.05) is 6.54 Å². The van der Waals surface area contributed by atoms with Gasteiger partial charge in [-0.3, -0.25) is 4.98 Å². The van der Waals surface area contributed by atoms with E-state index < -0.39 is 5.76 Å². The van der Waals surface area contributed by atoms with Gasteiger partial charge in [0.15, 0.2) is 5.58 Å². The van der Waals surface area contributed by atoms with Gasteiger partial charge in [-0.05, 0) is 30.5 Å². The van der Waals surface area contributed by atoms with Crippen molar-refractivity contribution in [2.45, 2.75) is 19.3 Å². The first-order valence-corrected chi connectivity index (χ1v) is 5.04. The minimum Gasteiger partial charge on any atom is -0.408 e. The predicted molar refractivity (Wildman–Crippen MR) is 58.9 cm³/mol. The summed E-state index contributed by atoms with van der Waals surface area (Å²) in [6.07, 6.45) is 0.895. The number of benzene rings is 1. The van der Waals surface area contributed by atoms with Crippen LogP contribution in [0.1, 0.15) is 24.8 Å². The van der Waals surface area contributed by atoms with E-state index in [4.69, 9.17) is 10.2 Å². The van der Waals surface area contributed by atoms with Crippen LogP contribution in [0.2, 0.25) is 0 Å². The zero-order valence-electron chi connectivity index (χ0n) is 8.62. The smallest absolute Gasteiger partial charge is 0.408 e. The Bertz CT molecular complexity index is 513. The predicted octanol–water partition coefficient (Wildman–Crippen LogP) is 1.57. The normalized spacial score (nSPS) is 13.2. The Morgan fingerprint density at radius 2 is 2.33 bits per heavy atom. The minimum absolute atomic E-state index is 0.326. The zero-order chi connectivity index (χ0) is 10.8. The lowest BCUT2D eigenvalue weighted by atomic mass is 9.97. The van der Waals surface area contributed by atoms with Gasteiger partial charge in [0.05, 0.1) is 5.52 Å². The molecule has 0 saturated carbocycles. The summed E-state index contributed by atoms with van der Waals surface area (Å²) in [7, 11) is 0. The van der Waals surface area contributed by atoms with Crippen LogP contribution in [-0.2, 0) is 0 Å². The van der Waals surface area contributed by atoms with Crippen LogP contribution in [-0.4, -0.2) is 11.5 Å². The summed E-state index contributed by atoms with van der Waals surface area (Å²) in [5.41, 5.74) is 8.01. The molecule has 0 aliphatic rings. The monoisotopic (exact) mass is 206 g/mol. The molecule has 0 radical (unpaired) electrons. The van der Waals surface area contributed by atoms with E-state index in [0.29, 0.717) is 18.0 Å². The Balaban J connectivity index is 2.54. The second-order valence-corrected chi connectivity index (χ2v) is 3.71. The first-order chi connectivity index (χ1) is 7.22. The van der Waals surface area contributed by atoms with Crippen molar-refractivity contribution >= 4 is 11.1 Å². The number of H-pyrrole nitrogens is 1. The number of aromatic nitrogens is 1. The number of rotatable bonds is 3. The van der Waals surface area contributed by atoms with E-state index in [0.717, 1.165) is 17.5 Å². The summed E-state index contributed by atoms with van der Waals surface area (Å²) in [5.74, 6) is -0.0793. The topological polar surface area (TPSA) is 72.0 Å². The number of nitrogens with two attached hydrogens (primary N) is 1. The Labute approximate surface area is 87.1 Å². The van der Waals surface area contributed by atoms with Crippen LogP contribution >= 0.6 is 0 Å². The third kappa shape index (κ3) is 1.80. The maximum Gasteiger partial charge on any atom is 0.417 e. The van der Waals surface area contributed by atoms with Gasteiger partial charge >= 0.3 is 5.76 Å². The van der Waals surface area contributed by atoms with Crippen LogP contribution in [0.4, 0.5) is 0 Å². The maximum atomic E-state index is 11.1. The molecule has 0 bridgehead atoms. The summed E-state index contributed by atoms with van der Waals surface area (Å²) in [6.45, 7) is 2.73. The van der Waals surface area contributed by atoms with Crippen LogP contribution in [0.3, 0.4) is 0 Å². The van der Waals surface area contributed by atoms with Crippen molar-refractivity contribution in [3.05, 3.63) is 34.3 Å². The van der Waals surface area contributed by atoms with Crippen LogP contribution in [0, 0.1) is 0 Å². The fourth-order valence-electron chi connectivity index (χ4n) is 1.81. The minimum atomic E-state index is -0.405. The number of aromatic amines is 1. The van der Waals surface area contributed by atoms with Crippen LogP contribution in [0.25, 0.3) is 11.1 Å². The molecule has 15 heavy (non-hydrogen) atoms. The molecular formula is C11H14N2O2. The van der Waals surface area contributed by atoms with E-state index in [1.807, 2.05) is 12.1 Å². The van der Waals surface area contributed by atoms with Crippen molar-refractivity contribution in [1.82, 2.24) is 4.98 Å². The number of fused-ring (bicyclic) bond motifs is 1. The molecule has 3 N–H and O–H groups in total. The molecule has 4 nitrogen and oxygen atoms in total. The molecule has 80 valence electrons. The quantitative estimate of drug-likeness (QED) is 0.800. The van der Waals surface area contributed by atoms with Crippen molar-refractivity contribution in [3.8, 4) is 0 Å². The molecule has 0 spiro atoms. The molecule has 0 saturated heterocycles. The summed E-state index contributed by atoms with van der Waals surface area (Å²) in [6, 6.07) is 5.67. The van der Waals surface area contributed by atoms with Crippen LogP contribution in [0.15, 0.2) is 27.4 Å². The molecule has 0 amide bonds. The van der Waals surface area contributed by atoms with Gasteiger partial charge in [-0.2, -0.15) is 0 Å². The van der Waals surface area contributed by atoms with E-state index in [1.165, 1.54) is 0 Å². The lowest BCUT2D eigenvalue weighted by molar-refractivity contribution is 0.555. The highest BCUT2D eigenvalue weighted by Crippen LogP contribution is 2.24. The van der Waals surface area contributed by atoms with Crippen LogP contribution < -0.4 is 11.5 Å². The summed E-state index contributed by atoms with van der Waals surface area (Å²) >= 11 is 0. The van der Waals surface area contributed by atoms with Gasteiger partial charge in [-0.25, -0.2) is 4.79 Å². The van der Waals surface area contributed by atoms with Gasteiger partial charge in [0.2, 0.25) is 0 Å². The van der Waals surface area contributed by atoms with Crippen molar-refractivity contribution < 1.29 is 4.42 Å². The standard InChI is InChI=1S/C11H14N2O2/c1-7(5-6-12)8-3-2-4-9-10(8)13-11(14)15-9/h2-4,7H,5-6,12H2,1H3,(H,13,14). The Kier molecular flexibility index (Phi) is 2.60. The second kappa shape index (κ2) is 3.90. The fraction of sp³-hybridized carbons (Fsp3) is 0.364.